The van der Waals surface area contributed by atoms with E-state index in [9.17, 15) is 13.2 Å². The van der Waals surface area contributed by atoms with Crippen molar-refractivity contribution in [2.24, 2.45) is 0 Å². The van der Waals surface area contributed by atoms with Crippen LogP contribution in [0.5, 0.6) is 0 Å². The molecule has 0 saturated carbocycles. The van der Waals surface area contributed by atoms with Gasteiger partial charge >= 0.3 is 6.01 Å². The van der Waals surface area contributed by atoms with Gasteiger partial charge < -0.3 is 4.42 Å². The smallest absolute Gasteiger partial charge is 0.322 e. The molecule has 10 heteroatoms. The zero-order valence-electron chi connectivity index (χ0n) is 12.4. The molecule has 1 heterocycles. The molecule has 124 valence electrons. The molecule has 0 bridgehead atoms. The van der Waals surface area contributed by atoms with Crippen molar-refractivity contribution in [3.8, 4) is 0 Å². The van der Waals surface area contributed by atoms with Crippen molar-refractivity contribution >= 4 is 45.1 Å². The van der Waals surface area contributed by atoms with E-state index in [0.717, 1.165) is 19.1 Å². The summed E-state index contributed by atoms with van der Waals surface area (Å²) in [6.45, 7) is 1.97. The van der Waals surface area contributed by atoms with Crippen molar-refractivity contribution in [3.63, 3.8) is 0 Å². The van der Waals surface area contributed by atoms with Gasteiger partial charge in [0.1, 0.15) is 0 Å². The Morgan fingerprint density at radius 2 is 2.17 bits per heavy atom. The van der Waals surface area contributed by atoms with Crippen molar-refractivity contribution in [1.29, 1.82) is 0 Å². The van der Waals surface area contributed by atoms with Crippen LogP contribution in [0.3, 0.4) is 0 Å². The Morgan fingerprint density at radius 1 is 1.43 bits per heavy atom. The lowest BCUT2D eigenvalue weighted by molar-refractivity contribution is 0.102. The molecule has 0 unspecified atom stereocenters. The number of carbonyl (C=O) groups excluding carboxylic acids is 1. The van der Waals surface area contributed by atoms with Crippen LogP contribution < -0.4 is 5.32 Å². The fourth-order valence-corrected chi connectivity index (χ4v) is 4.45. The molecule has 23 heavy (non-hydrogen) atoms. The van der Waals surface area contributed by atoms with Crippen LogP contribution in [0.1, 0.15) is 23.7 Å². The van der Waals surface area contributed by atoms with Gasteiger partial charge in [-0.3, -0.25) is 10.1 Å². The summed E-state index contributed by atoms with van der Waals surface area (Å²) in [4.78, 5) is 12.7. The Balaban J connectivity index is 2.43. The molecule has 7 nitrogen and oxygen atoms in total. The van der Waals surface area contributed by atoms with Crippen LogP contribution in [-0.2, 0) is 9.84 Å². The molecule has 0 radical (unpaired) electrons. The number of amides is 1. The van der Waals surface area contributed by atoms with E-state index < -0.39 is 15.7 Å². The number of carbonyl (C=O) groups is 1. The molecule has 0 saturated heterocycles. The van der Waals surface area contributed by atoms with E-state index in [4.69, 9.17) is 16.0 Å². The maximum absolute atomic E-state index is 12.2. The molecule has 0 aliphatic heterocycles. The van der Waals surface area contributed by atoms with Gasteiger partial charge in [-0.25, -0.2) is 8.42 Å². The fourth-order valence-electron chi connectivity index (χ4n) is 1.74. The summed E-state index contributed by atoms with van der Waals surface area (Å²) in [6.07, 6.45) is 3.02. The van der Waals surface area contributed by atoms with Gasteiger partial charge in [-0.15, -0.1) is 16.9 Å². The Morgan fingerprint density at radius 3 is 2.74 bits per heavy atom. The number of benzene rings is 1. The molecular weight excluding hydrogens is 362 g/mol. The fraction of sp³-hybridized carbons (Fsp3) is 0.308. The third-order valence-corrected chi connectivity index (χ3v) is 5.83. The molecule has 1 N–H and O–H groups in total. The second-order valence-corrected chi connectivity index (χ2v) is 8.04. The minimum absolute atomic E-state index is 0.0685. The highest BCUT2D eigenvalue weighted by Crippen LogP contribution is 2.36. The summed E-state index contributed by atoms with van der Waals surface area (Å²) in [7, 11) is -3.46. The number of halogens is 1. The highest BCUT2D eigenvalue weighted by molar-refractivity contribution is 8.00. The SMILES string of the molecule is CCCSc1c(S(C)(=O)=O)ccc(C(=O)Nc2nnco2)c1Cl. The second kappa shape index (κ2) is 7.33. The van der Waals surface area contributed by atoms with Gasteiger partial charge in [-0.2, -0.15) is 0 Å². The highest BCUT2D eigenvalue weighted by Gasteiger charge is 2.22. The number of thioether (sulfide) groups is 1. The predicted octanol–water partition coefficient (Wildman–Crippen LogP) is 2.88. The number of anilines is 1. The Bertz CT molecular complexity index is 807. The number of rotatable bonds is 6. The van der Waals surface area contributed by atoms with Crippen LogP contribution in [0, 0.1) is 0 Å². The van der Waals surface area contributed by atoms with Gasteiger partial charge in [0.05, 0.1) is 15.5 Å². The monoisotopic (exact) mass is 375 g/mol. The minimum Gasteiger partial charge on any atom is -0.411 e. The van der Waals surface area contributed by atoms with Gasteiger partial charge in [-0.1, -0.05) is 23.6 Å². The van der Waals surface area contributed by atoms with Gasteiger partial charge in [0, 0.05) is 11.2 Å². The molecule has 0 spiro atoms. The van der Waals surface area contributed by atoms with E-state index in [2.05, 4.69) is 15.5 Å². The zero-order valence-corrected chi connectivity index (χ0v) is 14.8. The van der Waals surface area contributed by atoms with Gasteiger partial charge in [-0.05, 0) is 24.3 Å². The van der Waals surface area contributed by atoms with Crippen molar-refractivity contribution in [2.75, 3.05) is 17.3 Å². The molecule has 2 aromatic rings. The van der Waals surface area contributed by atoms with Crippen molar-refractivity contribution < 1.29 is 17.6 Å². The van der Waals surface area contributed by atoms with Gasteiger partial charge in [0.25, 0.3) is 5.91 Å². The first-order valence-electron chi connectivity index (χ1n) is 6.57. The summed E-state index contributed by atoms with van der Waals surface area (Å²) in [5.74, 6) is 0.120. The number of nitrogens with one attached hydrogen (secondary N) is 1. The van der Waals surface area contributed by atoms with Crippen LogP contribution in [-0.4, -0.2) is 36.5 Å². The molecule has 1 aromatic heterocycles. The van der Waals surface area contributed by atoms with E-state index in [1.165, 1.54) is 23.9 Å². The Kier molecular flexibility index (Phi) is 5.66. The molecular formula is C13H14ClN3O4S2. The molecule has 0 fully saturated rings. The summed E-state index contributed by atoms with van der Waals surface area (Å²) >= 11 is 7.58. The van der Waals surface area contributed by atoms with Crippen LogP contribution in [0.4, 0.5) is 6.01 Å². The number of nitrogens with zero attached hydrogens (tertiary/aromatic N) is 2. The summed E-state index contributed by atoms with van der Waals surface area (Å²) < 4.78 is 28.6. The number of sulfone groups is 1. The molecule has 1 amide bonds. The summed E-state index contributed by atoms with van der Waals surface area (Å²) in [5.41, 5.74) is 0.135. The lowest BCUT2D eigenvalue weighted by Gasteiger charge is -2.12. The number of aromatic nitrogens is 2. The molecule has 2 rings (SSSR count). The standard InChI is InChI=1S/C13H14ClN3O4S2/c1-3-6-22-11-9(23(2,19)20)5-4-8(10(11)14)12(18)16-13-17-15-7-21-13/h4-5,7H,3,6H2,1-2H3,(H,16,17,18). The average molecular weight is 376 g/mol. The average Bonchev–Trinajstić information content (AvgIpc) is 2.97. The third-order valence-electron chi connectivity index (χ3n) is 2.74. The summed E-state index contributed by atoms with van der Waals surface area (Å²) in [6, 6.07) is 2.67. The Hall–Kier alpha value is -1.58. The van der Waals surface area contributed by atoms with E-state index in [1.54, 1.807) is 0 Å². The molecule has 0 aliphatic carbocycles. The molecule has 1 aromatic carbocycles. The van der Waals surface area contributed by atoms with E-state index in [-0.39, 0.29) is 21.5 Å². The van der Waals surface area contributed by atoms with Crippen LogP contribution in [0.2, 0.25) is 5.02 Å². The highest BCUT2D eigenvalue weighted by atomic mass is 35.5. The van der Waals surface area contributed by atoms with Crippen LogP contribution >= 0.6 is 23.4 Å². The van der Waals surface area contributed by atoms with Crippen molar-refractivity contribution in [2.45, 2.75) is 23.1 Å². The third kappa shape index (κ3) is 4.24. The maximum atomic E-state index is 12.2. The van der Waals surface area contributed by atoms with E-state index in [1.807, 2.05) is 6.92 Å². The predicted molar refractivity (Wildman–Crippen MR) is 87.8 cm³/mol. The zero-order chi connectivity index (χ0) is 17.0. The number of hydrogen-bond acceptors (Lipinski definition) is 7. The quantitative estimate of drug-likeness (QED) is 0.774. The minimum atomic E-state index is -3.46. The van der Waals surface area contributed by atoms with Crippen molar-refractivity contribution in [1.82, 2.24) is 10.2 Å². The van der Waals surface area contributed by atoms with Crippen LogP contribution in [0.15, 0.2) is 32.7 Å². The van der Waals surface area contributed by atoms with Gasteiger partial charge in [0.15, 0.2) is 9.84 Å². The normalized spacial score (nSPS) is 11.4. The lowest BCUT2D eigenvalue weighted by atomic mass is 10.2. The maximum Gasteiger partial charge on any atom is 0.322 e. The number of hydrogen-bond donors (Lipinski definition) is 1. The summed E-state index contributed by atoms with van der Waals surface area (Å²) in [5, 5.41) is 9.48. The van der Waals surface area contributed by atoms with E-state index >= 15 is 0 Å². The lowest BCUT2D eigenvalue weighted by Crippen LogP contribution is -2.14. The second-order valence-electron chi connectivity index (χ2n) is 4.57. The first-order valence-corrected chi connectivity index (χ1v) is 9.83. The first-order chi connectivity index (χ1) is 10.8. The van der Waals surface area contributed by atoms with E-state index in [0.29, 0.717) is 10.6 Å². The molecule has 0 atom stereocenters. The Labute approximate surface area is 142 Å². The first kappa shape index (κ1) is 17.8. The van der Waals surface area contributed by atoms with Crippen molar-refractivity contribution in [3.05, 3.63) is 29.1 Å². The van der Waals surface area contributed by atoms with Crippen LogP contribution in [0.25, 0.3) is 0 Å². The topological polar surface area (TPSA) is 102 Å². The molecule has 0 aliphatic rings. The largest absolute Gasteiger partial charge is 0.411 e. The van der Waals surface area contributed by atoms with Gasteiger partial charge in [0.2, 0.25) is 6.39 Å².